The Kier molecular flexibility index (Phi) is 5.08. The number of rotatable bonds is 3. The maximum Gasteiger partial charge on any atom is 0.228 e. The molecule has 2 aliphatic rings. The smallest absolute Gasteiger partial charge is 0.228 e. The van der Waals surface area contributed by atoms with Crippen molar-refractivity contribution < 1.29 is 4.79 Å². The van der Waals surface area contributed by atoms with Crippen LogP contribution in [0.3, 0.4) is 0 Å². The molecule has 0 aromatic carbocycles. The average molecular weight is 281 g/mol. The minimum Gasteiger partial charge on any atom is -0.342 e. The second-order valence-corrected chi connectivity index (χ2v) is 7.22. The number of nitrogens with zero attached hydrogens (tertiary/aromatic N) is 2. The van der Waals surface area contributed by atoms with Crippen molar-refractivity contribution in [3.8, 4) is 0 Å². The van der Waals surface area contributed by atoms with Crippen molar-refractivity contribution >= 4 is 5.91 Å². The van der Waals surface area contributed by atoms with E-state index in [1.54, 1.807) is 0 Å². The summed E-state index contributed by atoms with van der Waals surface area (Å²) in [5, 5.41) is 3.44. The lowest BCUT2D eigenvalue weighted by Crippen LogP contribution is -2.52. The maximum atomic E-state index is 12.9. The third-order valence-corrected chi connectivity index (χ3v) is 5.42. The first-order valence-electron chi connectivity index (χ1n) is 8.09. The highest BCUT2D eigenvalue weighted by Gasteiger charge is 2.40. The minimum absolute atomic E-state index is 0.245. The van der Waals surface area contributed by atoms with E-state index < -0.39 is 0 Å². The van der Waals surface area contributed by atoms with Crippen molar-refractivity contribution in [2.45, 2.75) is 45.6 Å². The molecule has 1 atom stereocenters. The first kappa shape index (κ1) is 15.8. The average Bonchev–Trinajstić information content (AvgIpc) is 2.47. The molecule has 0 aliphatic carbocycles. The van der Waals surface area contributed by atoms with Gasteiger partial charge in [0.05, 0.1) is 0 Å². The van der Waals surface area contributed by atoms with Gasteiger partial charge in [0.1, 0.15) is 0 Å². The Morgan fingerprint density at radius 3 is 2.45 bits per heavy atom. The molecule has 0 radical (unpaired) electrons. The van der Waals surface area contributed by atoms with E-state index in [2.05, 4.69) is 31.1 Å². The van der Waals surface area contributed by atoms with Gasteiger partial charge in [0.15, 0.2) is 0 Å². The minimum atomic E-state index is -0.245. The molecule has 0 bridgehead atoms. The number of hydrogen-bond donors (Lipinski definition) is 1. The zero-order chi connectivity index (χ0) is 14.8. The summed E-state index contributed by atoms with van der Waals surface area (Å²) in [6, 6.07) is 0.425. The Balaban J connectivity index is 1.97. The lowest BCUT2D eigenvalue weighted by molar-refractivity contribution is -0.145. The van der Waals surface area contributed by atoms with E-state index in [1.807, 2.05) is 11.9 Å². The quantitative estimate of drug-likeness (QED) is 0.853. The zero-order valence-corrected chi connectivity index (χ0v) is 13.6. The molecule has 20 heavy (non-hydrogen) atoms. The molecular formula is C16H31N3O. The number of likely N-dealkylation sites (tertiary alicyclic amines) is 1. The van der Waals surface area contributed by atoms with Crippen LogP contribution in [0, 0.1) is 11.3 Å². The Morgan fingerprint density at radius 1 is 1.25 bits per heavy atom. The summed E-state index contributed by atoms with van der Waals surface area (Å²) in [4.78, 5) is 17.3. The predicted octanol–water partition coefficient (Wildman–Crippen LogP) is 1.56. The Labute approximate surface area is 123 Å². The highest BCUT2D eigenvalue weighted by atomic mass is 16.2. The van der Waals surface area contributed by atoms with Crippen LogP contribution >= 0.6 is 0 Å². The van der Waals surface area contributed by atoms with E-state index in [1.165, 1.54) is 12.8 Å². The van der Waals surface area contributed by atoms with Gasteiger partial charge in [-0.05, 0) is 64.8 Å². The summed E-state index contributed by atoms with van der Waals surface area (Å²) in [7, 11) is 4.17. The highest BCUT2D eigenvalue weighted by molar-refractivity contribution is 5.82. The lowest BCUT2D eigenvalue weighted by Gasteiger charge is -2.42. The molecular weight excluding hydrogens is 250 g/mol. The van der Waals surface area contributed by atoms with Gasteiger partial charge in [-0.3, -0.25) is 4.79 Å². The van der Waals surface area contributed by atoms with Gasteiger partial charge in [0.2, 0.25) is 5.91 Å². The Hall–Kier alpha value is -0.610. The van der Waals surface area contributed by atoms with Crippen molar-refractivity contribution in [1.82, 2.24) is 15.1 Å². The summed E-state index contributed by atoms with van der Waals surface area (Å²) in [6.45, 7) is 8.57. The van der Waals surface area contributed by atoms with Crippen LogP contribution in [0.15, 0.2) is 0 Å². The Morgan fingerprint density at radius 2 is 1.90 bits per heavy atom. The normalized spacial score (nSPS) is 26.5. The summed E-state index contributed by atoms with van der Waals surface area (Å²) >= 11 is 0. The van der Waals surface area contributed by atoms with Crippen molar-refractivity contribution in [2.24, 2.45) is 11.3 Å². The molecule has 116 valence electrons. The Bertz CT molecular complexity index is 329. The van der Waals surface area contributed by atoms with Gasteiger partial charge in [-0.2, -0.15) is 0 Å². The molecule has 0 saturated carbocycles. The molecule has 0 spiro atoms. The molecule has 2 aliphatic heterocycles. The van der Waals surface area contributed by atoms with E-state index in [4.69, 9.17) is 0 Å². The van der Waals surface area contributed by atoms with Crippen LogP contribution in [0.25, 0.3) is 0 Å². The number of nitrogens with one attached hydrogen (secondary N) is 1. The van der Waals surface area contributed by atoms with Crippen LogP contribution < -0.4 is 5.32 Å². The fourth-order valence-corrected chi connectivity index (χ4v) is 3.65. The van der Waals surface area contributed by atoms with E-state index in [0.717, 1.165) is 39.0 Å². The molecule has 2 rings (SSSR count). The van der Waals surface area contributed by atoms with Crippen molar-refractivity contribution in [3.05, 3.63) is 0 Å². The zero-order valence-electron chi connectivity index (χ0n) is 13.6. The van der Waals surface area contributed by atoms with Crippen molar-refractivity contribution in [1.29, 1.82) is 0 Å². The molecule has 2 fully saturated rings. The van der Waals surface area contributed by atoms with Crippen LogP contribution in [0.2, 0.25) is 0 Å². The predicted molar refractivity (Wildman–Crippen MR) is 82.7 cm³/mol. The van der Waals surface area contributed by atoms with Gasteiger partial charge in [0, 0.05) is 18.5 Å². The number of piperidine rings is 2. The third-order valence-electron chi connectivity index (χ3n) is 5.42. The van der Waals surface area contributed by atoms with Crippen LogP contribution in [0.4, 0.5) is 0 Å². The SMILES string of the molecule is CN1CCC(N(C)C(=O)C(C)(C)C2CCCNC2)CC1. The largest absolute Gasteiger partial charge is 0.342 e. The summed E-state index contributed by atoms with van der Waals surface area (Å²) in [5.41, 5.74) is -0.245. The molecule has 0 aromatic heterocycles. The number of carbonyl (C=O) groups is 1. The first-order chi connectivity index (χ1) is 9.43. The van der Waals surface area contributed by atoms with Crippen LogP contribution in [-0.4, -0.2) is 62.0 Å². The molecule has 0 aromatic rings. The van der Waals surface area contributed by atoms with Crippen molar-refractivity contribution in [2.75, 3.05) is 40.3 Å². The van der Waals surface area contributed by atoms with Crippen LogP contribution in [0.1, 0.15) is 39.5 Å². The number of carbonyl (C=O) groups excluding carboxylic acids is 1. The second kappa shape index (κ2) is 6.44. The second-order valence-electron chi connectivity index (χ2n) is 7.22. The fraction of sp³-hybridized carbons (Fsp3) is 0.938. The van der Waals surface area contributed by atoms with Gasteiger partial charge in [0.25, 0.3) is 0 Å². The van der Waals surface area contributed by atoms with Crippen LogP contribution in [-0.2, 0) is 4.79 Å². The monoisotopic (exact) mass is 281 g/mol. The lowest BCUT2D eigenvalue weighted by atomic mass is 9.73. The topological polar surface area (TPSA) is 35.6 Å². The van der Waals surface area contributed by atoms with Gasteiger partial charge >= 0.3 is 0 Å². The summed E-state index contributed by atoms with van der Waals surface area (Å²) in [5.74, 6) is 0.804. The molecule has 4 heteroatoms. The van der Waals surface area contributed by atoms with E-state index >= 15 is 0 Å². The molecule has 2 saturated heterocycles. The van der Waals surface area contributed by atoms with E-state index in [-0.39, 0.29) is 5.41 Å². The first-order valence-corrected chi connectivity index (χ1v) is 8.09. The van der Waals surface area contributed by atoms with Crippen LogP contribution in [0.5, 0.6) is 0 Å². The maximum absolute atomic E-state index is 12.9. The standard InChI is InChI=1S/C16H31N3O/c1-16(2,13-6-5-9-17-12-13)15(20)19(4)14-7-10-18(3)11-8-14/h13-14,17H,5-12H2,1-4H3. The molecule has 2 heterocycles. The van der Waals surface area contributed by atoms with E-state index in [0.29, 0.717) is 17.9 Å². The summed E-state index contributed by atoms with van der Waals surface area (Å²) in [6.07, 6.45) is 4.59. The molecule has 1 unspecified atom stereocenters. The highest BCUT2D eigenvalue weighted by Crippen LogP contribution is 2.34. The summed E-state index contributed by atoms with van der Waals surface area (Å²) < 4.78 is 0. The fourth-order valence-electron chi connectivity index (χ4n) is 3.65. The number of amides is 1. The molecule has 1 N–H and O–H groups in total. The van der Waals surface area contributed by atoms with Gasteiger partial charge in [-0.1, -0.05) is 13.8 Å². The van der Waals surface area contributed by atoms with Crippen molar-refractivity contribution in [3.63, 3.8) is 0 Å². The molecule has 1 amide bonds. The third kappa shape index (κ3) is 3.34. The number of hydrogen-bond acceptors (Lipinski definition) is 3. The van der Waals surface area contributed by atoms with E-state index in [9.17, 15) is 4.79 Å². The van der Waals surface area contributed by atoms with Gasteiger partial charge in [-0.25, -0.2) is 0 Å². The van der Waals surface area contributed by atoms with Gasteiger partial charge < -0.3 is 15.1 Å². The molecule has 4 nitrogen and oxygen atoms in total. The van der Waals surface area contributed by atoms with Gasteiger partial charge in [-0.15, -0.1) is 0 Å².